The molecule has 1 aliphatic heterocycles. The van der Waals surface area contributed by atoms with Gasteiger partial charge in [-0.1, -0.05) is 0 Å². The number of benzene rings is 2. The normalized spacial score (nSPS) is 12.7. The first-order valence-corrected chi connectivity index (χ1v) is 7.90. The maximum Gasteiger partial charge on any atom is 0.344 e. The largest absolute Gasteiger partial charge is 0.482 e. The van der Waals surface area contributed by atoms with E-state index in [2.05, 4.69) is 0 Å². The molecule has 0 atom stereocenters. The number of rotatable bonds is 6. The number of likely N-dealkylation sites (N-methyl/N-ethyl adjacent to an activating group) is 1. The number of carbonyl (C=O) groups excluding carboxylic acids is 3. The molecular formula is C19H16FNO5. The van der Waals surface area contributed by atoms with Gasteiger partial charge in [0.05, 0.1) is 6.42 Å². The molecule has 0 saturated heterocycles. The number of halogens is 1. The first kappa shape index (κ1) is 17.6. The zero-order chi connectivity index (χ0) is 18.7. The van der Waals surface area contributed by atoms with Crippen LogP contribution in [-0.4, -0.2) is 37.9 Å². The number of ether oxygens (including phenoxy) is 2. The molecular weight excluding hydrogens is 341 g/mol. The second kappa shape index (κ2) is 7.35. The van der Waals surface area contributed by atoms with Crippen molar-refractivity contribution >= 4 is 23.3 Å². The van der Waals surface area contributed by atoms with Gasteiger partial charge in [0.25, 0.3) is 0 Å². The van der Waals surface area contributed by atoms with Crippen molar-refractivity contribution in [2.45, 2.75) is 6.42 Å². The fourth-order valence-corrected chi connectivity index (χ4v) is 2.59. The highest BCUT2D eigenvalue weighted by atomic mass is 19.1. The molecule has 7 heteroatoms. The van der Waals surface area contributed by atoms with Crippen LogP contribution in [0.4, 0.5) is 10.1 Å². The zero-order valence-electron chi connectivity index (χ0n) is 14.0. The quantitative estimate of drug-likeness (QED) is 0.585. The van der Waals surface area contributed by atoms with E-state index in [1.807, 2.05) is 0 Å². The first-order chi connectivity index (χ1) is 12.4. The van der Waals surface area contributed by atoms with Crippen LogP contribution in [0.25, 0.3) is 0 Å². The molecule has 0 aromatic heterocycles. The van der Waals surface area contributed by atoms with Crippen LogP contribution in [0.15, 0.2) is 42.5 Å². The SMILES string of the molecule is CN1C(=O)Cc2cc(C(=O)COC(=O)COc3ccc(F)cc3)ccc21. The molecule has 1 amide bonds. The van der Waals surface area contributed by atoms with Crippen LogP contribution >= 0.6 is 0 Å². The van der Waals surface area contributed by atoms with Gasteiger partial charge in [-0.25, -0.2) is 9.18 Å². The van der Waals surface area contributed by atoms with E-state index in [0.29, 0.717) is 11.3 Å². The van der Waals surface area contributed by atoms with E-state index in [4.69, 9.17) is 9.47 Å². The first-order valence-electron chi connectivity index (χ1n) is 7.90. The van der Waals surface area contributed by atoms with Crippen molar-refractivity contribution in [1.82, 2.24) is 0 Å². The highest BCUT2D eigenvalue weighted by molar-refractivity contribution is 6.03. The number of anilines is 1. The number of ketones is 1. The zero-order valence-corrected chi connectivity index (χ0v) is 14.0. The number of nitrogens with zero attached hydrogens (tertiary/aromatic N) is 1. The summed E-state index contributed by atoms with van der Waals surface area (Å²) in [7, 11) is 1.68. The van der Waals surface area contributed by atoms with Crippen molar-refractivity contribution in [3.05, 3.63) is 59.4 Å². The minimum atomic E-state index is -0.709. The Kier molecular flexibility index (Phi) is 4.97. The van der Waals surface area contributed by atoms with Crippen LogP contribution in [0.2, 0.25) is 0 Å². The van der Waals surface area contributed by atoms with E-state index < -0.39 is 18.4 Å². The van der Waals surface area contributed by atoms with Crippen LogP contribution < -0.4 is 9.64 Å². The molecule has 134 valence electrons. The number of hydrogen-bond donors (Lipinski definition) is 0. The molecule has 0 unspecified atom stereocenters. The molecule has 2 aromatic carbocycles. The van der Waals surface area contributed by atoms with Gasteiger partial charge in [0.2, 0.25) is 5.91 Å². The number of carbonyl (C=O) groups is 3. The van der Waals surface area contributed by atoms with E-state index in [1.54, 1.807) is 25.2 Å². The predicted molar refractivity (Wildman–Crippen MR) is 90.7 cm³/mol. The average Bonchev–Trinajstić information content (AvgIpc) is 2.92. The van der Waals surface area contributed by atoms with Gasteiger partial charge in [-0.2, -0.15) is 0 Å². The number of hydrogen-bond acceptors (Lipinski definition) is 5. The molecule has 0 spiro atoms. The summed E-state index contributed by atoms with van der Waals surface area (Å²) < 4.78 is 22.8. The molecule has 0 saturated carbocycles. The molecule has 0 aliphatic carbocycles. The van der Waals surface area contributed by atoms with Crippen molar-refractivity contribution in [2.75, 3.05) is 25.2 Å². The Morgan fingerprint density at radius 1 is 1.12 bits per heavy atom. The lowest BCUT2D eigenvalue weighted by Gasteiger charge is -2.10. The van der Waals surface area contributed by atoms with Crippen molar-refractivity contribution in [3.8, 4) is 5.75 Å². The Morgan fingerprint density at radius 2 is 1.85 bits per heavy atom. The highest BCUT2D eigenvalue weighted by Crippen LogP contribution is 2.28. The maximum atomic E-state index is 12.8. The molecule has 3 rings (SSSR count). The number of esters is 1. The second-order valence-corrected chi connectivity index (χ2v) is 5.80. The van der Waals surface area contributed by atoms with Gasteiger partial charge < -0.3 is 14.4 Å². The summed E-state index contributed by atoms with van der Waals surface area (Å²) in [4.78, 5) is 37.0. The Morgan fingerprint density at radius 3 is 2.58 bits per heavy atom. The van der Waals surface area contributed by atoms with Gasteiger partial charge >= 0.3 is 5.97 Å². The number of fused-ring (bicyclic) bond motifs is 1. The van der Waals surface area contributed by atoms with Crippen LogP contribution in [0.5, 0.6) is 5.75 Å². The molecule has 2 aromatic rings. The Bertz CT molecular complexity index is 863. The van der Waals surface area contributed by atoms with Gasteiger partial charge in [-0.15, -0.1) is 0 Å². The van der Waals surface area contributed by atoms with Gasteiger partial charge in [-0.3, -0.25) is 9.59 Å². The Hall–Kier alpha value is -3.22. The number of amides is 1. The lowest BCUT2D eigenvalue weighted by Crippen LogP contribution is -2.20. The summed E-state index contributed by atoms with van der Waals surface area (Å²) in [6, 6.07) is 10.1. The van der Waals surface area contributed by atoms with Crippen LogP contribution in [0.3, 0.4) is 0 Å². The predicted octanol–water partition coefficient (Wildman–Crippen LogP) is 2.15. The third-order valence-electron chi connectivity index (χ3n) is 4.01. The Labute approximate surface area is 149 Å². The summed E-state index contributed by atoms with van der Waals surface area (Å²) in [5.74, 6) is -1.20. The van der Waals surface area contributed by atoms with Crippen LogP contribution in [0.1, 0.15) is 15.9 Å². The van der Waals surface area contributed by atoms with E-state index in [0.717, 1.165) is 11.3 Å². The molecule has 1 heterocycles. The minimum absolute atomic E-state index is 0.0334. The third-order valence-corrected chi connectivity index (χ3v) is 4.01. The Balaban J connectivity index is 1.51. The maximum absolute atomic E-state index is 12.8. The van der Waals surface area contributed by atoms with E-state index >= 15 is 0 Å². The smallest absolute Gasteiger partial charge is 0.344 e. The van der Waals surface area contributed by atoms with Gasteiger partial charge in [0.1, 0.15) is 11.6 Å². The molecule has 0 bridgehead atoms. The van der Waals surface area contributed by atoms with Crippen molar-refractivity contribution in [3.63, 3.8) is 0 Å². The van der Waals surface area contributed by atoms with Crippen molar-refractivity contribution < 1.29 is 28.2 Å². The summed E-state index contributed by atoms with van der Waals surface area (Å²) in [6.45, 7) is -0.809. The summed E-state index contributed by atoms with van der Waals surface area (Å²) in [5, 5.41) is 0. The highest BCUT2D eigenvalue weighted by Gasteiger charge is 2.24. The van der Waals surface area contributed by atoms with Crippen molar-refractivity contribution in [1.29, 1.82) is 0 Å². The molecule has 0 radical (unpaired) electrons. The standard InChI is InChI=1S/C19H16FNO5/c1-21-16-7-2-12(8-13(16)9-18(21)23)17(22)10-26-19(24)11-25-15-5-3-14(20)4-6-15/h2-8H,9-11H2,1H3. The fraction of sp³-hybridized carbons (Fsp3) is 0.211. The van der Waals surface area contributed by atoms with Crippen LogP contribution in [0, 0.1) is 5.82 Å². The van der Waals surface area contributed by atoms with E-state index in [1.165, 1.54) is 29.2 Å². The topological polar surface area (TPSA) is 72.9 Å². The second-order valence-electron chi connectivity index (χ2n) is 5.80. The third kappa shape index (κ3) is 3.88. The summed E-state index contributed by atoms with van der Waals surface area (Å²) in [5.41, 5.74) is 1.92. The van der Waals surface area contributed by atoms with E-state index in [9.17, 15) is 18.8 Å². The van der Waals surface area contributed by atoms with Gasteiger partial charge in [0.15, 0.2) is 19.0 Å². The minimum Gasteiger partial charge on any atom is -0.482 e. The van der Waals surface area contributed by atoms with Gasteiger partial charge in [-0.05, 0) is 48.0 Å². The fourth-order valence-electron chi connectivity index (χ4n) is 2.59. The lowest BCUT2D eigenvalue weighted by molar-refractivity contribution is -0.144. The monoisotopic (exact) mass is 357 g/mol. The summed E-state index contributed by atoms with van der Waals surface area (Å²) >= 11 is 0. The van der Waals surface area contributed by atoms with Crippen molar-refractivity contribution in [2.24, 2.45) is 0 Å². The van der Waals surface area contributed by atoms with Crippen LogP contribution in [-0.2, 0) is 20.7 Å². The molecule has 6 nitrogen and oxygen atoms in total. The molecule has 26 heavy (non-hydrogen) atoms. The molecule has 1 aliphatic rings. The molecule has 0 fully saturated rings. The van der Waals surface area contributed by atoms with E-state index in [-0.39, 0.29) is 24.7 Å². The molecule has 0 N–H and O–H groups in total. The van der Waals surface area contributed by atoms with Gasteiger partial charge in [0, 0.05) is 18.3 Å². The number of Topliss-reactive ketones (excluding diaryl/α,β-unsaturated/α-hetero) is 1. The summed E-state index contributed by atoms with van der Waals surface area (Å²) in [6.07, 6.45) is 0.248. The lowest BCUT2D eigenvalue weighted by atomic mass is 10.1. The average molecular weight is 357 g/mol.